The van der Waals surface area contributed by atoms with Crippen LogP contribution in [0.3, 0.4) is 0 Å². The Morgan fingerprint density at radius 3 is 2.17 bits per heavy atom. The Morgan fingerprint density at radius 1 is 0.889 bits per heavy atom. The van der Waals surface area contributed by atoms with Crippen molar-refractivity contribution in [3.8, 4) is 5.69 Å². The number of para-hydroxylation sites is 2. The quantitative estimate of drug-likeness (QED) is 0.777. The van der Waals surface area contributed by atoms with E-state index >= 15 is 0 Å². The lowest BCUT2D eigenvalue weighted by Gasteiger charge is -2.33. The molecule has 2 heterocycles. The van der Waals surface area contributed by atoms with Gasteiger partial charge in [-0.3, -0.25) is 0 Å². The summed E-state index contributed by atoms with van der Waals surface area (Å²) in [5, 5.41) is 0. The van der Waals surface area contributed by atoms with Crippen LogP contribution < -0.4 is 4.90 Å². The smallest absolute Gasteiger partial charge is 0.0684 e. The summed E-state index contributed by atoms with van der Waals surface area (Å²) in [6.07, 6.45) is 6.84. The number of benzene rings is 1. The van der Waals surface area contributed by atoms with Crippen LogP contribution in [0.2, 0.25) is 0 Å². The van der Waals surface area contributed by atoms with E-state index in [-0.39, 0.29) is 0 Å². The van der Waals surface area contributed by atoms with E-state index in [0.29, 0.717) is 0 Å². The summed E-state index contributed by atoms with van der Waals surface area (Å²) in [5.41, 5.74) is 2.65. The Morgan fingerprint density at radius 2 is 1.50 bits per heavy atom. The second-order valence-corrected chi connectivity index (χ2v) is 5.25. The van der Waals surface area contributed by atoms with E-state index in [0.717, 1.165) is 5.92 Å². The Labute approximate surface area is 109 Å². The summed E-state index contributed by atoms with van der Waals surface area (Å²) >= 11 is 0. The molecule has 2 heteroatoms. The van der Waals surface area contributed by atoms with Crippen LogP contribution in [0.15, 0.2) is 48.8 Å². The molecule has 0 N–H and O–H groups in total. The van der Waals surface area contributed by atoms with Crippen molar-refractivity contribution in [1.29, 1.82) is 0 Å². The van der Waals surface area contributed by atoms with Crippen LogP contribution in [0.25, 0.3) is 5.69 Å². The average Bonchev–Trinajstić information content (AvgIpc) is 2.93. The summed E-state index contributed by atoms with van der Waals surface area (Å²) < 4.78 is 2.20. The highest BCUT2D eigenvalue weighted by atomic mass is 15.2. The van der Waals surface area contributed by atoms with Crippen LogP contribution in [0.5, 0.6) is 0 Å². The molecular weight excluding hydrogens is 220 g/mol. The molecule has 2 nitrogen and oxygen atoms in total. The van der Waals surface area contributed by atoms with Gasteiger partial charge in [-0.2, -0.15) is 0 Å². The van der Waals surface area contributed by atoms with Gasteiger partial charge >= 0.3 is 0 Å². The lowest BCUT2D eigenvalue weighted by molar-refractivity contribution is 0.438. The number of hydrogen-bond acceptors (Lipinski definition) is 1. The fraction of sp³-hybridized carbons (Fsp3) is 0.375. The fourth-order valence-corrected chi connectivity index (χ4v) is 2.69. The predicted octanol–water partition coefficient (Wildman–Crippen LogP) is 3.71. The molecule has 1 aromatic heterocycles. The molecule has 3 rings (SSSR count). The van der Waals surface area contributed by atoms with Crippen LogP contribution >= 0.6 is 0 Å². The van der Waals surface area contributed by atoms with Gasteiger partial charge in [-0.25, -0.2) is 0 Å². The summed E-state index contributed by atoms with van der Waals surface area (Å²) in [5.74, 6) is 0.875. The third kappa shape index (κ3) is 2.15. The monoisotopic (exact) mass is 240 g/mol. The first-order valence-electron chi connectivity index (χ1n) is 6.82. The molecule has 2 aromatic rings. The molecule has 1 aromatic carbocycles. The van der Waals surface area contributed by atoms with Gasteiger partial charge in [0.05, 0.1) is 11.4 Å². The highest BCUT2D eigenvalue weighted by molar-refractivity contribution is 5.63. The molecule has 0 saturated carbocycles. The number of nitrogens with zero attached hydrogens (tertiary/aromatic N) is 2. The van der Waals surface area contributed by atoms with E-state index in [9.17, 15) is 0 Å². The van der Waals surface area contributed by atoms with Gasteiger partial charge in [-0.05, 0) is 43.0 Å². The van der Waals surface area contributed by atoms with Gasteiger partial charge in [-0.15, -0.1) is 0 Å². The summed E-state index contributed by atoms with van der Waals surface area (Å²) in [7, 11) is 0. The summed E-state index contributed by atoms with van der Waals surface area (Å²) in [4.78, 5) is 2.52. The van der Waals surface area contributed by atoms with Crippen molar-refractivity contribution in [2.24, 2.45) is 5.92 Å². The van der Waals surface area contributed by atoms with Crippen molar-refractivity contribution >= 4 is 5.69 Å². The van der Waals surface area contributed by atoms with E-state index < -0.39 is 0 Å². The minimum absolute atomic E-state index is 0.875. The van der Waals surface area contributed by atoms with Gasteiger partial charge in [0.25, 0.3) is 0 Å². The number of anilines is 1. The van der Waals surface area contributed by atoms with Gasteiger partial charge < -0.3 is 9.47 Å². The summed E-state index contributed by atoms with van der Waals surface area (Å²) in [6, 6.07) is 12.9. The predicted molar refractivity (Wildman–Crippen MR) is 76.4 cm³/mol. The van der Waals surface area contributed by atoms with Crippen molar-refractivity contribution in [3.63, 3.8) is 0 Å². The Balaban J connectivity index is 1.92. The maximum atomic E-state index is 2.52. The summed E-state index contributed by atoms with van der Waals surface area (Å²) in [6.45, 7) is 4.72. The molecule has 0 radical (unpaired) electrons. The van der Waals surface area contributed by atoms with Gasteiger partial charge in [-0.1, -0.05) is 19.1 Å². The molecule has 0 spiro atoms. The molecule has 1 aliphatic rings. The molecule has 0 bridgehead atoms. The average molecular weight is 240 g/mol. The third-order valence-corrected chi connectivity index (χ3v) is 3.89. The first-order valence-corrected chi connectivity index (χ1v) is 6.82. The van der Waals surface area contributed by atoms with E-state index in [1.54, 1.807) is 0 Å². The maximum absolute atomic E-state index is 2.52. The topological polar surface area (TPSA) is 8.17 Å². The van der Waals surface area contributed by atoms with Crippen LogP contribution in [0.4, 0.5) is 5.69 Å². The zero-order valence-corrected chi connectivity index (χ0v) is 10.9. The largest absolute Gasteiger partial charge is 0.370 e. The highest BCUT2D eigenvalue weighted by Gasteiger charge is 2.18. The molecule has 0 aliphatic carbocycles. The number of piperidine rings is 1. The Bertz CT molecular complexity index is 494. The van der Waals surface area contributed by atoms with Crippen molar-refractivity contribution in [2.75, 3.05) is 18.0 Å². The molecule has 94 valence electrons. The second-order valence-electron chi connectivity index (χ2n) is 5.25. The molecule has 1 fully saturated rings. The number of hydrogen-bond donors (Lipinski definition) is 0. The second kappa shape index (κ2) is 4.89. The minimum Gasteiger partial charge on any atom is -0.370 e. The van der Waals surface area contributed by atoms with Crippen molar-refractivity contribution in [1.82, 2.24) is 4.57 Å². The normalized spacial score (nSPS) is 17.1. The standard InChI is InChI=1S/C16H20N2/c1-14-8-12-18(13-9-14)16-7-3-2-6-15(16)17-10-4-5-11-17/h2-7,10-11,14H,8-9,12-13H2,1H3. The number of aromatic nitrogens is 1. The zero-order chi connectivity index (χ0) is 12.4. The molecule has 0 amide bonds. The van der Waals surface area contributed by atoms with Crippen molar-refractivity contribution in [2.45, 2.75) is 19.8 Å². The molecule has 1 aliphatic heterocycles. The van der Waals surface area contributed by atoms with Crippen LogP contribution in [0.1, 0.15) is 19.8 Å². The third-order valence-electron chi connectivity index (χ3n) is 3.89. The maximum Gasteiger partial charge on any atom is 0.0684 e. The van der Waals surface area contributed by atoms with E-state index in [1.807, 2.05) is 0 Å². The highest BCUT2D eigenvalue weighted by Crippen LogP contribution is 2.28. The molecule has 0 unspecified atom stereocenters. The first kappa shape index (κ1) is 11.4. The molecule has 18 heavy (non-hydrogen) atoms. The van der Waals surface area contributed by atoms with Gasteiger partial charge in [0, 0.05) is 25.5 Å². The van der Waals surface area contributed by atoms with Gasteiger partial charge in [0.15, 0.2) is 0 Å². The fourth-order valence-electron chi connectivity index (χ4n) is 2.69. The van der Waals surface area contributed by atoms with Crippen molar-refractivity contribution in [3.05, 3.63) is 48.8 Å². The molecular formula is C16H20N2. The van der Waals surface area contributed by atoms with Crippen LogP contribution in [-0.2, 0) is 0 Å². The molecule has 1 saturated heterocycles. The lowest BCUT2D eigenvalue weighted by Crippen LogP contribution is -2.33. The molecule has 0 atom stereocenters. The SMILES string of the molecule is CC1CCN(c2ccccc2-n2cccc2)CC1. The van der Waals surface area contributed by atoms with Gasteiger partial charge in [0.1, 0.15) is 0 Å². The van der Waals surface area contributed by atoms with E-state index in [2.05, 4.69) is 65.2 Å². The van der Waals surface area contributed by atoms with Gasteiger partial charge in [0.2, 0.25) is 0 Å². The van der Waals surface area contributed by atoms with E-state index in [4.69, 9.17) is 0 Å². The van der Waals surface area contributed by atoms with Crippen LogP contribution in [0, 0.1) is 5.92 Å². The van der Waals surface area contributed by atoms with Crippen LogP contribution in [-0.4, -0.2) is 17.7 Å². The van der Waals surface area contributed by atoms with E-state index in [1.165, 1.54) is 37.3 Å². The number of rotatable bonds is 2. The minimum atomic E-state index is 0.875. The zero-order valence-electron chi connectivity index (χ0n) is 10.9. The lowest BCUT2D eigenvalue weighted by atomic mass is 9.98. The first-order chi connectivity index (χ1) is 8.84. The Kier molecular flexibility index (Phi) is 3.09. The van der Waals surface area contributed by atoms with Crippen molar-refractivity contribution < 1.29 is 0 Å². The Hall–Kier alpha value is -1.70.